The van der Waals surface area contributed by atoms with E-state index in [9.17, 15) is 14.3 Å². The summed E-state index contributed by atoms with van der Waals surface area (Å²) in [5.41, 5.74) is 1.42. The van der Waals surface area contributed by atoms with Gasteiger partial charge >= 0.3 is 5.97 Å². The number of halogens is 1. The van der Waals surface area contributed by atoms with E-state index in [4.69, 9.17) is 0 Å². The molecule has 0 unspecified atom stereocenters. The van der Waals surface area contributed by atoms with E-state index in [1.165, 1.54) is 36.1 Å². The van der Waals surface area contributed by atoms with Crippen molar-refractivity contribution < 1.29 is 14.3 Å². The maximum Gasteiger partial charge on any atom is 0.337 e. The summed E-state index contributed by atoms with van der Waals surface area (Å²) in [6.07, 6.45) is 5.62. The van der Waals surface area contributed by atoms with Gasteiger partial charge in [-0.2, -0.15) is 5.10 Å². The maximum absolute atomic E-state index is 13.3. The average Bonchev–Trinajstić information content (AvgIpc) is 2.73. The number of hydrogen-bond donors (Lipinski definition) is 2. The zero-order valence-electron chi connectivity index (χ0n) is 12.2. The van der Waals surface area contributed by atoms with Gasteiger partial charge in [0.25, 0.3) is 0 Å². The normalized spacial score (nSPS) is 11.3. The number of allylic oxidation sites excluding steroid dienone is 1. The van der Waals surface area contributed by atoms with Crippen LogP contribution >= 0.6 is 0 Å². The molecule has 0 aliphatic carbocycles. The smallest absolute Gasteiger partial charge is 0.337 e. The average molecular weight is 302 g/mol. The molecule has 0 radical (unpaired) electrons. The molecule has 22 heavy (non-hydrogen) atoms. The second-order valence-corrected chi connectivity index (χ2v) is 4.56. The number of rotatable bonds is 5. The molecule has 0 aliphatic rings. The zero-order chi connectivity index (χ0) is 16.3. The molecular weight excluding hydrogens is 287 g/mol. The van der Waals surface area contributed by atoms with Crippen LogP contribution in [0.5, 0.6) is 0 Å². The summed E-state index contributed by atoms with van der Waals surface area (Å²) in [6, 6.07) is 1.37. The number of nitrogens with zero attached hydrogens (tertiary/aromatic N) is 3. The maximum atomic E-state index is 13.3. The first-order valence-corrected chi connectivity index (χ1v) is 6.41. The van der Waals surface area contributed by atoms with Crippen molar-refractivity contribution in [2.24, 2.45) is 7.05 Å². The lowest BCUT2D eigenvalue weighted by Crippen LogP contribution is -2.04. The van der Waals surface area contributed by atoms with Gasteiger partial charge in [0, 0.05) is 18.8 Å². The lowest BCUT2D eigenvalue weighted by Gasteiger charge is -2.07. The fourth-order valence-electron chi connectivity index (χ4n) is 2.04. The number of anilines is 2. The minimum absolute atomic E-state index is 0.0488. The van der Waals surface area contributed by atoms with Gasteiger partial charge in [-0.1, -0.05) is 6.58 Å². The number of pyridine rings is 1. The Morgan fingerprint density at radius 1 is 1.55 bits per heavy atom. The molecule has 0 saturated carbocycles. The van der Waals surface area contributed by atoms with Crippen LogP contribution in [0.15, 0.2) is 30.9 Å². The molecule has 0 aromatic carbocycles. The highest BCUT2D eigenvalue weighted by atomic mass is 19.1. The van der Waals surface area contributed by atoms with Crippen LogP contribution in [-0.2, 0) is 7.05 Å². The second-order valence-electron chi connectivity index (χ2n) is 4.56. The zero-order valence-corrected chi connectivity index (χ0v) is 12.2. The molecule has 0 atom stereocenters. The van der Waals surface area contributed by atoms with Crippen molar-refractivity contribution in [2.45, 2.75) is 6.92 Å². The van der Waals surface area contributed by atoms with Gasteiger partial charge in [-0.05, 0) is 25.1 Å². The molecule has 2 aromatic rings. The number of aromatic carboxylic acids is 1. The molecule has 2 aromatic heterocycles. The Morgan fingerprint density at radius 3 is 2.86 bits per heavy atom. The molecular formula is C15H15FN4O2. The van der Waals surface area contributed by atoms with E-state index in [1.807, 2.05) is 0 Å². The van der Waals surface area contributed by atoms with Crippen LogP contribution in [0.25, 0.3) is 12.2 Å². The first-order valence-electron chi connectivity index (χ1n) is 6.41. The van der Waals surface area contributed by atoms with E-state index in [0.29, 0.717) is 17.1 Å². The topological polar surface area (TPSA) is 80.0 Å². The SMILES string of the molecule is C=Cc1c(/C=C(\C)F)c(Nc2cnccc2C(=O)O)nn1C. The molecule has 114 valence electrons. The van der Waals surface area contributed by atoms with Crippen LogP contribution in [-0.4, -0.2) is 25.8 Å². The number of carbonyl (C=O) groups is 1. The molecule has 2 N–H and O–H groups in total. The summed E-state index contributed by atoms with van der Waals surface area (Å²) in [6.45, 7) is 4.99. The molecule has 6 nitrogen and oxygen atoms in total. The fraction of sp³-hybridized carbons (Fsp3) is 0.133. The first kappa shape index (κ1) is 15.4. The van der Waals surface area contributed by atoms with Crippen LogP contribution < -0.4 is 5.32 Å². The molecule has 0 aliphatic heterocycles. The van der Waals surface area contributed by atoms with Crippen molar-refractivity contribution >= 4 is 29.6 Å². The van der Waals surface area contributed by atoms with Crippen LogP contribution in [0.1, 0.15) is 28.5 Å². The molecule has 2 rings (SSSR count). The summed E-state index contributed by atoms with van der Waals surface area (Å²) in [5.74, 6) is -1.17. The molecule has 0 bridgehead atoms. The predicted octanol–water partition coefficient (Wildman–Crippen LogP) is 3.23. The monoisotopic (exact) mass is 302 g/mol. The van der Waals surface area contributed by atoms with Crippen molar-refractivity contribution in [1.82, 2.24) is 14.8 Å². The quantitative estimate of drug-likeness (QED) is 0.886. The van der Waals surface area contributed by atoms with Gasteiger partial charge in [0.15, 0.2) is 5.82 Å². The summed E-state index contributed by atoms with van der Waals surface area (Å²) >= 11 is 0. The summed E-state index contributed by atoms with van der Waals surface area (Å²) < 4.78 is 14.8. The highest BCUT2D eigenvalue weighted by Crippen LogP contribution is 2.27. The Morgan fingerprint density at radius 2 is 2.27 bits per heavy atom. The van der Waals surface area contributed by atoms with Gasteiger partial charge < -0.3 is 10.4 Å². The van der Waals surface area contributed by atoms with Gasteiger partial charge in [0.05, 0.1) is 29.0 Å². The summed E-state index contributed by atoms with van der Waals surface area (Å²) in [4.78, 5) is 15.1. The molecule has 7 heteroatoms. The lowest BCUT2D eigenvalue weighted by molar-refractivity contribution is 0.0698. The number of hydrogen-bond acceptors (Lipinski definition) is 4. The number of aryl methyl sites for hydroxylation is 1. The van der Waals surface area contributed by atoms with Crippen molar-refractivity contribution in [3.63, 3.8) is 0 Å². The Kier molecular flexibility index (Phi) is 4.36. The fourth-order valence-corrected chi connectivity index (χ4v) is 2.04. The van der Waals surface area contributed by atoms with Gasteiger partial charge in [-0.15, -0.1) is 0 Å². The van der Waals surface area contributed by atoms with Crippen LogP contribution in [0, 0.1) is 0 Å². The summed E-state index contributed by atoms with van der Waals surface area (Å²) in [7, 11) is 1.69. The van der Waals surface area contributed by atoms with E-state index < -0.39 is 11.8 Å². The number of aromatic nitrogens is 3. The Hall–Kier alpha value is -2.96. The van der Waals surface area contributed by atoms with Crippen molar-refractivity contribution in [3.05, 3.63) is 47.7 Å². The van der Waals surface area contributed by atoms with Gasteiger partial charge in [-0.25, -0.2) is 9.18 Å². The van der Waals surface area contributed by atoms with E-state index >= 15 is 0 Å². The van der Waals surface area contributed by atoms with Crippen LogP contribution in [0.2, 0.25) is 0 Å². The van der Waals surface area contributed by atoms with Crippen molar-refractivity contribution in [3.8, 4) is 0 Å². The van der Waals surface area contributed by atoms with Crippen LogP contribution in [0.4, 0.5) is 15.9 Å². The lowest BCUT2D eigenvalue weighted by atomic mass is 10.2. The van der Waals surface area contributed by atoms with Gasteiger partial charge in [-0.3, -0.25) is 9.67 Å². The van der Waals surface area contributed by atoms with Gasteiger partial charge in [0.1, 0.15) is 0 Å². The Balaban J connectivity index is 2.53. The van der Waals surface area contributed by atoms with E-state index in [-0.39, 0.29) is 11.3 Å². The van der Waals surface area contributed by atoms with E-state index in [1.54, 1.807) is 13.1 Å². The van der Waals surface area contributed by atoms with Gasteiger partial charge in [0.2, 0.25) is 0 Å². The third kappa shape index (κ3) is 3.03. The first-order chi connectivity index (χ1) is 10.4. The molecule has 2 heterocycles. The highest BCUT2D eigenvalue weighted by Gasteiger charge is 2.16. The van der Waals surface area contributed by atoms with E-state index in [2.05, 4.69) is 22.0 Å². The third-order valence-electron chi connectivity index (χ3n) is 2.97. The number of carboxylic acid groups (broad SMARTS) is 1. The molecule has 0 fully saturated rings. The van der Waals surface area contributed by atoms with Crippen LogP contribution in [0.3, 0.4) is 0 Å². The molecule has 0 saturated heterocycles. The largest absolute Gasteiger partial charge is 0.478 e. The van der Waals surface area contributed by atoms with Crippen molar-refractivity contribution in [1.29, 1.82) is 0 Å². The molecule has 0 spiro atoms. The Bertz CT molecular complexity index is 761. The standard InChI is InChI=1S/C15H15FN4O2/c1-4-13-11(7-9(2)16)14(19-20(13)3)18-12-8-17-6-5-10(12)15(21)22/h4-8H,1H2,2-3H3,(H,18,19)(H,21,22)/b9-7+. The third-order valence-corrected chi connectivity index (χ3v) is 2.97. The molecule has 0 amide bonds. The number of carboxylic acids is 1. The minimum atomic E-state index is -1.09. The predicted molar refractivity (Wildman–Crippen MR) is 82.5 cm³/mol. The Labute approximate surface area is 126 Å². The second kappa shape index (κ2) is 6.21. The van der Waals surface area contributed by atoms with Crippen molar-refractivity contribution in [2.75, 3.05) is 5.32 Å². The highest BCUT2D eigenvalue weighted by molar-refractivity contribution is 5.95. The number of nitrogens with one attached hydrogen (secondary N) is 1. The minimum Gasteiger partial charge on any atom is -0.478 e. The van der Waals surface area contributed by atoms with E-state index in [0.717, 1.165) is 0 Å². The summed E-state index contributed by atoms with van der Waals surface area (Å²) in [5, 5.41) is 16.3.